The molecule has 0 saturated carbocycles. The summed E-state index contributed by atoms with van der Waals surface area (Å²) in [4.78, 5) is 12.5. The third kappa shape index (κ3) is 3.95. The van der Waals surface area contributed by atoms with Gasteiger partial charge in [-0.2, -0.15) is 5.10 Å². The Balaban J connectivity index is 1.79. The number of amides is 1. The van der Waals surface area contributed by atoms with Gasteiger partial charge in [-0.3, -0.25) is 9.48 Å². The Morgan fingerprint density at radius 2 is 2.11 bits per heavy atom. The van der Waals surface area contributed by atoms with Crippen LogP contribution in [0, 0.1) is 0 Å². The number of carbonyl (C=O) groups is 1. The Morgan fingerprint density at radius 3 is 2.78 bits per heavy atom. The fourth-order valence-corrected chi connectivity index (χ4v) is 2.69. The molecule has 0 radical (unpaired) electrons. The van der Waals surface area contributed by atoms with E-state index in [1.54, 1.807) is 51.6 Å². The highest BCUT2D eigenvalue weighted by atomic mass is 16.5. The van der Waals surface area contributed by atoms with E-state index in [-0.39, 0.29) is 12.5 Å². The van der Waals surface area contributed by atoms with E-state index in [1.807, 2.05) is 0 Å². The van der Waals surface area contributed by atoms with Crippen LogP contribution in [0.3, 0.4) is 0 Å². The molecule has 3 aromatic rings. The number of furan rings is 1. The molecule has 0 aliphatic heterocycles. The summed E-state index contributed by atoms with van der Waals surface area (Å²) in [6, 6.07) is 8.68. The summed E-state index contributed by atoms with van der Waals surface area (Å²) in [6.07, 6.45) is 2.06. The summed E-state index contributed by atoms with van der Waals surface area (Å²) < 4.78 is 17.0. The minimum Gasteiger partial charge on any atom is -0.497 e. The van der Waals surface area contributed by atoms with E-state index in [2.05, 4.69) is 10.4 Å². The van der Waals surface area contributed by atoms with Crippen molar-refractivity contribution < 1.29 is 23.8 Å². The van der Waals surface area contributed by atoms with Gasteiger partial charge in [0.25, 0.3) is 5.91 Å². The number of rotatable bonds is 7. The predicted octanol–water partition coefficient (Wildman–Crippen LogP) is 2.16. The zero-order chi connectivity index (χ0) is 19.4. The zero-order valence-electron chi connectivity index (χ0n) is 15.3. The molecular formula is C19H21N3O5. The third-order valence-electron chi connectivity index (χ3n) is 4.18. The minimum atomic E-state index is -0.848. The number of aryl methyl sites for hydroxylation is 1. The lowest BCUT2D eigenvalue weighted by atomic mass is 10.1. The molecule has 0 aliphatic rings. The number of carbonyl (C=O) groups excluding carboxylic acids is 1. The van der Waals surface area contributed by atoms with Crippen molar-refractivity contribution >= 4 is 5.91 Å². The number of aromatic nitrogens is 2. The van der Waals surface area contributed by atoms with Crippen molar-refractivity contribution in [3.63, 3.8) is 0 Å². The Hall–Kier alpha value is -3.26. The van der Waals surface area contributed by atoms with Crippen molar-refractivity contribution in [2.24, 2.45) is 7.05 Å². The van der Waals surface area contributed by atoms with Gasteiger partial charge in [-0.1, -0.05) is 0 Å². The van der Waals surface area contributed by atoms with Crippen molar-refractivity contribution in [1.29, 1.82) is 0 Å². The van der Waals surface area contributed by atoms with Gasteiger partial charge in [0.1, 0.15) is 17.2 Å². The Labute approximate surface area is 156 Å². The highest BCUT2D eigenvalue weighted by Gasteiger charge is 2.18. The molecule has 2 N–H and O–H groups in total. The molecule has 3 rings (SSSR count). The van der Waals surface area contributed by atoms with Crippen LogP contribution in [-0.2, 0) is 7.05 Å². The number of methoxy groups -OCH3 is 2. The number of hydrogen-bond donors (Lipinski definition) is 2. The molecule has 0 unspecified atom stereocenters. The number of benzene rings is 1. The molecule has 142 valence electrons. The molecule has 1 aromatic carbocycles. The molecule has 2 aromatic heterocycles. The van der Waals surface area contributed by atoms with Gasteiger partial charge in [0.15, 0.2) is 0 Å². The van der Waals surface area contributed by atoms with Crippen molar-refractivity contribution in [2.75, 3.05) is 20.8 Å². The summed E-state index contributed by atoms with van der Waals surface area (Å²) >= 11 is 0. The highest BCUT2D eigenvalue weighted by Crippen LogP contribution is 2.32. The molecular weight excluding hydrogens is 350 g/mol. The summed E-state index contributed by atoms with van der Waals surface area (Å²) in [5.41, 5.74) is 2.25. The largest absolute Gasteiger partial charge is 0.497 e. The number of hydrogen-bond acceptors (Lipinski definition) is 6. The average Bonchev–Trinajstić information content (AvgIpc) is 3.35. The van der Waals surface area contributed by atoms with Gasteiger partial charge in [-0.05, 0) is 30.3 Å². The number of ether oxygens (including phenoxy) is 2. The normalized spacial score (nSPS) is 11.9. The van der Waals surface area contributed by atoms with Crippen LogP contribution in [0.5, 0.6) is 11.5 Å². The fourth-order valence-electron chi connectivity index (χ4n) is 2.69. The summed E-state index contributed by atoms with van der Waals surface area (Å²) in [6.45, 7) is 0.0569. The van der Waals surface area contributed by atoms with Gasteiger partial charge in [-0.15, -0.1) is 0 Å². The van der Waals surface area contributed by atoms with Crippen LogP contribution >= 0.6 is 0 Å². The second-order valence-electron chi connectivity index (χ2n) is 5.89. The van der Waals surface area contributed by atoms with Crippen LogP contribution in [0.4, 0.5) is 0 Å². The molecule has 8 nitrogen and oxygen atoms in total. The smallest absolute Gasteiger partial charge is 0.269 e. The number of nitrogens with one attached hydrogen (secondary N) is 1. The lowest BCUT2D eigenvalue weighted by Gasteiger charge is -2.09. The highest BCUT2D eigenvalue weighted by molar-refractivity contribution is 5.94. The molecule has 0 fully saturated rings. The van der Waals surface area contributed by atoms with E-state index in [0.29, 0.717) is 34.0 Å². The van der Waals surface area contributed by atoms with Gasteiger partial charge in [0, 0.05) is 24.7 Å². The maximum absolute atomic E-state index is 12.5. The molecule has 0 aliphatic carbocycles. The topological polar surface area (TPSA) is 98.8 Å². The summed E-state index contributed by atoms with van der Waals surface area (Å²) in [5, 5.41) is 17.2. The maximum atomic E-state index is 12.5. The Kier molecular flexibility index (Phi) is 5.46. The first-order valence-corrected chi connectivity index (χ1v) is 8.28. The third-order valence-corrected chi connectivity index (χ3v) is 4.18. The van der Waals surface area contributed by atoms with Crippen LogP contribution in [0.25, 0.3) is 11.3 Å². The summed E-state index contributed by atoms with van der Waals surface area (Å²) in [7, 11) is 4.82. The maximum Gasteiger partial charge on any atom is 0.269 e. The number of nitrogens with zero attached hydrogens (tertiary/aromatic N) is 2. The molecule has 0 bridgehead atoms. The van der Waals surface area contributed by atoms with Gasteiger partial charge in [-0.25, -0.2) is 0 Å². The zero-order valence-corrected chi connectivity index (χ0v) is 15.3. The van der Waals surface area contributed by atoms with Crippen molar-refractivity contribution in [3.05, 3.63) is 54.1 Å². The Bertz CT molecular complexity index is 918. The van der Waals surface area contributed by atoms with Crippen LogP contribution in [0.1, 0.15) is 22.2 Å². The predicted molar refractivity (Wildman–Crippen MR) is 97.7 cm³/mol. The molecule has 0 saturated heterocycles. The van der Waals surface area contributed by atoms with Crippen molar-refractivity contribution in [2.45, 2.75) is 6.10 Å². The number of aliphatic hydroxyl groups is 1. The Morgan fingerprint density at radius 1 is 1.30 bits per heavy atom. The average molecular weight is 371 g/mol. The van der Waals surface area contributed by atoms with Crippen molar-refractivity contribution in [3.8, 4) is 22.8 Å². The van der Waals surface area contributed by atoms with Crippen molar-refractivity contribution in [1.82, 2.24) is 15.1 Å². The van der Waals surface area contributed by atoms with Gasteiger partial charge in [0.05, 0.1) is 38.5 Å². The van der Waals surface area contributed by atoms with Crippen LogP contribution < -0.4 is 14.8 Å². The quantitative estimate of drug-likeness (QED) is 0.660. The SMILES string of the molecule is COc1ccc(OC)c(-c2cc(C(=O)NC[C@@H](O)c3ccoc3)n(C)n2)c1. The van der Waals surface area contributed by atoms with Crippen LogP contribution in [0.15, 0.2) is 47.3 Å². The second kappa shape index (κ2) is 7.96. The van der Waals surface area contributed by atoms with E-state index < -0.39 is 6.10 Å². The van der Waals surface area contributed by atoms with Gasteiger partial charge < -0.3 is 24.3 Å². The standard InChI is InChI=1S/C19H21N3O5/c1-22-16(19(24)20-10-17(23)12-6-7-27-11-12)9-15(21-22)14-8-13(25-2)4-5-18(14)26-3/h4-9,11,17,23H,10H2,1-3H3,(H,20,24)/t17-/m1/s1. The fraction of sp³-hybridized carbons (Fsp3) is 0.263. The van der Waals surface area contributed by atoms with E-state index in [0.717, 1.165) is 0 Å². The second-order valence-corrected chi connectivity index (χ2v) is 5.89. The van der Waals surface area contributed by atoms with E-state index in [4.69, 9.17) is 13.9 Å². The van der Waals surface area contributed by atoms with E-state index >= 15 is 0 Å². The minimum absolute atomic E-state index is 0.0569. The molecule has 27 heavy (non-hydrogen) atoms. The first-order chi connectivity index (χ1) is 13.0. The summed E-state index contributed by atoms with van der Waals surface area (Å²) in [5.74, 6) is 0.933. The lowest BCUT2D eigenvalue weighted by Crippen LogP contribution is -2.29. The molecule has 8 heteroatoms. The molecule has 2 heterocycles. The molecule has 1 atom stereocenters. The monoisotopic (exact) mass is 371 g/mol. The first kappa shape index (κ1) is 18.5. The number of aliphatic hydroxyl groups excluding tert-OH is 1. The van der Waals surface area contributed by atoms with Crippen LogP contribution in [-0.4, -0.2) is 41.6 Å². The van der Waals surface area contributed by atoms with E-state index in [9.17, 15) is 9.90 Å². The lowest BCUT2D eigenvalue weighted by molar-refractivity contribution is 0.0906. The van der Waals surface area contributed by atoms with Gasteiger partial charge >= 0.3 is 0 Å². The molecule has 1 amide bonds. The molecule has 0 spiro atoms. The van der Waals surface area contributed by atoms with Gasteiger partial charge in [0.2, 0.25) is 0 Å². The van der Waals surface area contributed by atoms with Crippen LogP contribution in [0.2, 0.25) is 0 Å². The van der Waals surface area contributed by atoms with E-state index in [1.165, 1.54) is 17.2 Å². The first-order valence-electron chi connectivity index (χ1n) is 8.28.